The number of nitrogens with one attached hydrogen (secondary N) is 7. The van der Waals surface area contributed by atoms with E-state index in [-0.39, 0.29) is 38.0 Å². The second kappa shape index (κ2) is 22.3. The number of nitrogens with zero attached hydrogens (tertiary/aromatic N) is 1. The number of aliphatic carboxylic acids is 1. The highest BCUT2D eigenvalue weighted by Gasteiger charge is 2.35. The quantitative estimate of drug-likeness (QED) is 0.107. The fourth-order valence-corrected chi connectivity index (χ4v) is 7.40. The molecule has 17 nitrogen and oxygen atoms in total. The number of amides is 7. The number of aromatic hydroxyl groups is 1. The Morgan fingerprint density at radius 3 is 2.19 bits per heavy atom. The van der Waals surface area contributed by atoms with Crippen molar-refractivity contribution in [1.82, 2.24) is 41.8 Å². The molecule has 336 valence electrons. The average molecular weight is 867 g/mol. The second-order valence-electron chi connectivity index (χ2n) is 16.3. The van der Waals surface area contributed by atoms with Crippen LogP contribution in [0.1, 0.15) is 63.1 Å². The SMILES string of the molecule is CC(C)[C@@H]1NC(=O)[C@H](NC(=O)N[C@@H](Cc2c[nH]c3ccccc23)C(=O)O)CCCCNC(=O)[C@H](Cc2ccccc2)NC(=O)[C@H](C)N(C)C(=O)[C@H](CCc2ccc(O)cc2)NC1=O. The molecule has 17 heteroatoms. The summed E-state index contributed by atoms with van der Waals surface area (Å²) in [4.78, 5) is 100. The summed E-state index contributed by atoms with van der Waals surface area (Å²) in [6.45, 7) is 5.09. The van der Waals surface area contributed by atoms with E-state index in [2.05, 4.69) is 36.9 Å². The molecule has 3 aromatic carbocycles. The van der Waals surface area contributed by atoms with Gasteiger partial charge in [0, 0.05) is 43.5 Å². The summed E-state index contributed by atoms with van der Waals surface area (Å²) >= 11 is 0. The first-order valence-corrected chi connectivity index (χ1v) is 21.2. The van der Waals surface area contributed by atoms with E-state index in [0.29, 0.717) is 24.8 Å². The predicted molar refractivity (Wildman–Crippen MR) is 235 cm³/mol. The number of aromatic amines is 1. The number of urea groups is 1. The van der Waals surface area contributed by atoms with E-state index in [4.69, 9.17) is 0 Å². The number of carbonyl (C=O) groups is 7. The van der Waals surface area contributed by atoms with Gasteiger partial charge in [0.15, 0.2) is 0 Å². The molecule has 0 unspecified atom stereocenters. The Bertz CT molecular complexity index is 2230. The number of phenols is 1. The molecular weight excluding hydrogens is 809 g/mol. The number of rotatable bonds is 11. The Labute approximate surface area is 366 Å². The minimum atomic E-state index is -1.36. The zero-order chi connectivity index (χ0) is 45.6. The van der Waals surface area contributed by atoms with Gasteiger partial charge in [-0.3, -0.25) is 24.0 Å². The average Bonchev–Trinajstić information content (AvgIpc) is 3.67. The van der Waals surface area contributed by atoms with Crippen molar-refractivity contribution in [3.63, 3.8) is 0 Å². The first kappa shape index (κ1) is 47.1. The number of aromatic nitrogens is 1. The number of carboxylic acid groups (broad SMARTS) is 1. The van der Waals surface area contributed by atoms with E-state index >= 15 is 0 Å². The molecule has 1 aliphatic heterocycles. The number of para-hydroxylation sites is 1. The summed E-state index contributed by atoms with van der Waals surface area (Å²) in [7, 11) is 1.43. The van der Waals surface area contributed by atoms with Gasteiger partial charge in [-0.25, -0.2) is 9.59 Å². The molecule has 1 aliphatic rings. The van der Waals surface area contributed by atoms with E-state index < -0.39 is 83.7 Å². The van der Waals surface area contributed by atoms with Crippen LogP contribution in [0.4, 0.5) is 4.79 Å². The molecule has 0 radical (unpaired) electrons. The molecule has 1 aromatic heterocycles. The van der Waals surface area contributed by atoms with E-state index in [1.54, 1.807) is 32.2 Å². The standard InChI is InChI=1S/C46H58N8O9/c1-27(2)39-43(59)49-36(22-19-29-17-20-32(55)21-18-29)44(60)54(4)28(3)40(56)50-37(24-30-12-6-5-7-13-30)41(57)47-23-11-10-16-35(42(58)53-39)51-46(63)52-38(45(61)62)25-31-26-48-34-15-9-8-14-33(31)34/h5-9,12-15,17-18,20-21,26-28,35-39,48,55H,10-11,16,19,22-25H2,1-4H3,(H,47,57)(H,49,59)(H,50,56)(H,53,58)(H,61,62)(H2,51,52,63)/t28-,35+,36-,37-,38-,39-/m0/s1. The van der Waals surface area contributed by atoms with E-state index in [1.165, 1.54) is 31.0 Å². The summed E-state index contributed by atoms with van der Waals surface area (Å²) < 4.78 is 0. The molecule has 1 saturated heterocycles. The lowest BCUT2D eigenvalue weighted by molar-refractivity contribution is -0.142. The number of likely N-dealkylation sites (N-methyl/N-ethyl adjacent to an activating group) is 1. The van der Waals surface area contributed by atoms with Crippen molar-refractivity contribution in [2.45, 2.75) is 102 Å². The van der Waals surface area contributed by atoms with Crippen molar-refractivity contribution in [3.05, 3.63) is 102 Å². The van der Waals surface area contributed by atoms with Crippen LogP contribution in [-0.4, -0.2) is 111 Å². The first-order valence-electron chi connectivity index (χ1n) is 21.2. The lowest BCUT2D eigenvalue weighted by Crippen LogP contribution is -2.60. The first-order chi connectivity index (χ1) is 30.1. The number of phenolic OH excluding ortho intramolecular Hbond substituents is 1. The molecule has 9 N–H and O–H groups in total. The number of carbonyl (C=O) groups excluding carboxylic acids is 6. The van der Waals surface area contributed by atoms with Gasteiger partial charge >= 0.3 is 12.0 Å². The van der Waals surface area contributed by atoms with Crippen LogP contribution in [-0.2, 0) is 48.0 Å². The Morgan fingerprint density at radius 2 is 1.49 bits per heavy atom. The third kappa shape index (κ3) is 13.3. The zero-order valence-electron chi connectivity index (χ0n) is 36.0. The minimum Gasteiger partial charge on any atom is -0.508 e. The van der Waals surface area contributed by atoms with Gasteiger partial charge in [-0.15, -0.1) is 0 Å². The smallest absolute Gasteiger partial charge is 0.326 e. The molecule has 0 aliphatic carbocycles. The molecule has 0 bridgehead atoms. The molecule has 4 aromatic rings. The molecule has 0 spiro atoms. The lowest BCUT2D eigenvalue weighted by Gasteiger charge is -2.31. The molecule has 5 rings (SSSR count). The predicted octanol–water partition coefficient (Wildman–Crippen LogP) is 2.67. The van der Waals surface area contributed by atoms with Crippen LogP contribution in [0.25, 0.3) is 10.9 Å². The molecule has 6 atom stereocenters. The Morgan fingerprint density at radius 1 is 0.810 bits per heavy atom. The molecular formula is C46H58N8O9. The normalized spacial score (nSPS) is 21.5. The number of hydrogen-bond donors (Lipinski definition) is 9. The highest BCUT2D eigenvalue weighted by molar-refractivity contribution is 5.96. The molecule has 0 saturated carbocycles. The second-order valence-corrected chi connectivity index (χ2v) is 16.3. The summed E-state index contributed by atoms with van der Waals surface area (Å²) in [6, 6.07) is 14.9. The number of fused-ring (bicyclic) bond motifs is 1. The fraction of sp³-hybridized carbons (Fsp3) is 0.413. The van der Waals surface area contributed by atoms with Crippen LogP contribution < -0.4 is 31.9 Å². The van der Waals surface area contributed by atoms with Crippen LogP contribution >= 0.6 is 0 Å². The van der Waals surface area contributed by atoms with E-state index in [1.807, 2.05) is 54.6 Å². The fourth-order valence-electron chi connectivity index (χ4n) is 7.40. The number of benzene rings is 3. The van der Waals surface area contributed by atoms with Gasteiger partial charge < -0.3 is 52.0 Å². The van der Waals surface area contributed by atoms with Gasteiger partial charge in [0.2, 0.25) is 29.5 Å². The highest BCUT2D eigenvalue weighted by Crippen LogP contribution is 2.20. The maximum Gasteiger partial charge on any atom is 0.326 e. The topological polar surface area (TPSA) is 251 Å². The monoisotopic (exact) mass is 866 g/mol. The van der Waals surface area contributed by atoms with E-state index in [0.717, 1.165) is 22.0 Å². The zero-order valence-corrected chi connectivity index (χ0v) is 36.0. The summed E-state index contributed by atoms with van der Waals surface area (Å²) in [5.74, 6) is -4.79. The molecule has 2 heterocycles. The van der Waals surface area contributed by atoms with Crippen molar-refractivity contribution in [2.24, 2.45) is 5.92 Å². The van der Waals surface area contributed by atoms with Gasteiger partial charge in [-0.2, -0.15) is 0 Å². The lowest BCUT2D eigenvalue weighted by atomic mass is 9.99. The van der Waals surface area contributed by atoms with Gasteiger partial charge in [0.25, 0.3) is 0 Å². The largest absolute Gasteiger partial charge is 0.508 e. The van der Waals surface area contributed by atoms with Crippen LogP contribution in [0.2, 0.25) is 0 Å². The number of H-pyrrole nitrogens is 1. The van der Waals surface area contributed by atoms with E-state index in [9.17, 15) is 43.8 Å². The Balaban J connectivity index is 1.40. The van der Waals surface area contributed by atoms with Gasteiger partial charge in [0.05, 0.1) is 0 Å². The van der Waals surface area contributed by atoms with Crippen LogP contribution in [0, 0.1) is 5.92 Å². The minimum absolute atomic E-state index is 0.0436. The van der Waals surface area contributed by atoms with Crippen molar-refractivity contribution in [1.29, 1.82) is 0 Å². The summed E-state index contributed by atoms with van der Waals surface area (Å²) in [6.07, 6.45) is 2.87. The molecule has 63 heavy (non-hydrogen) atoms. The third-order valence-electron chi connectivity index (χ3n) is 11.3. The van der Waals surface area contributed by atoms with Crippen molar-refractivity contribution >= 4 is 52.4 Å². The highest BCUT2D eigenvalue weighted by atomic mass is 16.4. The van der Waals surface area contributed by atoms with Gasteiger partial charge in [0.1, 0.15) is 42.0 Å². The summed E-state index contributed by atoms with van der Waals surface area (Å²) in [5, 5.41) is 37.0. The number of aryl methyl sites for hydroxylation is 1. The summed E-state index contributed by atoms with van der Waals surface area (Å²) in [5.41, 5.74) is 3.02. The third-order valence-corrected chi connectivity index (χ3v) is 11.3. The Kier molecular flexibility index (Phi) is 16.7. The van der Waals surface area contributed by atoms with Crippen LogP contribution in [0.15, 0.2) is 85.1 Å². The molecule has 7 amide bonds. The van der Waals surface area contributed by atoms with Crippen molar-refractivity contribution in [3.8, 4) is 5.75 Å². The van der Waals surface area contributed by atoms with Gasteiger partial charge in [-0.05, 0) is 79.8 Å². The number of carboxylic acids is 1. The maximum absolute atomic E-state index is 14.2. The van der Waals surface area contributed by atoms with Crippen molar-refractivity contribution in [2.75, 3.05) is 13.6 Å². The van der Waals surface area contributed by atoms with Crippen molar-refractivity contribution < 1.29 is 43.8 Å². The molecule has 1 fully saturated rings. The maximum atomic E-state index is 14.2. The van der Waals surface area contributed by atoms with Crippen LogP contribution in [0.5, 0.6) is 5.75 Å². The Hall–Kier alpha value is -6.91. The van der Waals surface area contributed by atoms with Crippen LogP contribution in [0.3, 0.4) is 0 Å². The van der Waals surface area contributed by atoms with Gasteiger partial charge in [-0.1, -0.05) is 74.5 Å². The number of hydrogen-bond acceptors (Lipinski definition) is 8.